The number of nitrogen functional groups attached to an aromatic ring is 1. The standard InChI is InChI=1S/C32H38N6O5/c1-37-20-23(16-27(37)31(40)36-22-12-10-21(33)11-13-22)35-30(39)9-4-3-7-15-43-29-18-26-25(17-28(29)42-2)32(41)38-14-6-5-8-24(38)19-34-26/h10-13,16-20,24H,3-9,14-15,33H2,1-2H3,(H,35,39)(H,36,40)/t24-/m0/s1. The molecule has 2 aromatic carbocycles. The monoisotopic (exact) mass is 586 g/mol. The minimum atomic E-state index is -0.284. The summed E-state index contributed by atoms with van der Waals surface area (Å²) >= 11 is 0. The molecule has 0 spiro atoms. The highest BCUT2D eigenvalue weighted by Gasteiger charge is 2.31. The third kappa shape index (κ3) is 7.17. The van der Waals surface area contributed by atoms with Crippen molar-refractivity contribution >= 4 is 46.7 Å². The Morgan fingerprint density at radius 3 is 2.63 bits per heavy atom. The number of aliphatic imine (C=N–C) groups is 1. The summed E-state index contributed by atoms with van der Waals surface area (Å²) in [5, 5.41) is 5.69. The van der Waals surface area contributed by atoms with Gasteiger partial charge in [-0.15, -0.1) is 0 Å². The molecule has 11 nitrogen and oxygen atoms in total. The Labute approximate surface area is 251 Å². The van der Waals surface area contributed by atoms with Gasteiger partial charge in [0.15, 0.2) is 11.5 Å². The molecule has 43 heavy (non-hydrogen) atoms. The third-order valence-electron chi connectivity index (χ3n) is 7.70. The quantitative estimate of drug-likeness (QED) is 0.210. The van der Waals surface area contributed by atoms with E-state index < -0.39 is 0 Å². The fourth-order valence-electron chi connectivity index (χ4n) is 5.38. The van der Waals surface area contributed by atoms with Gasteiger partial charge >= 0.3 is 0 Å². The second-order valence-corrected chi connectivity index (χ2v) is 10.9. The lowest BCUT2D eigenvalue weighted by Crippen LogP contribution is -2.43. The summed E-state index contributed by atoms with van der Waals surface area (Å²) in [7, 11) is 3.31. The van der Waals surface area contributed by atoms with Crippen molar-refractivity contribution < 1.29 is 23.9 Å². The number of fused-ring (bicyclic) bond motifs is 2. The molecule has 3 heterocycles. The summed E-state index contributed by atoms with van der Waals surface area (Å²) in [5.41, 5.74) is 9.05. The van der Waals surface area contributed by atoms with E-state index in [1.165, 1.54) is 0 Å². The van der Waals surface area contributed by atoms with Crippen LogP contribution in [-0.2, 0) is 11.8 Å². The molecule has 0 aliphatic carbocycles. The maximum absolute atomic E-state index is 13.2. The number of benzene rings is 2. The van der Waals surface area contributed by atoms with Crippen LogP contribution in [0.1, 0.15) is 65.8 Å². The number of hydrogen-bond donors (Lipinski definition) is 3. The fourth-order valence-corrected chi connectivity index (χ4v) is 5.38. The highest BCUT2D eigenvalue weighted by Crippen LogP contribution is 2.38. The molecule has 0 radical (unpaired) electrons. The van der Waals surface area contributed by atoms with Gasteiger partial charge in [-0.3, -0.25) is 19.4 Å². The molecule has 1 fully saturated rings. The number of piperidine rings is 1. The number of nitrogens with one attached hydrogen (secondary N) is 2. The summed E-state index contributed by atoms with van der Waals surface area (Å²) in [6, 6.07) is 12.1. The number of aryl methyl sites for hydroxylation is 1. The molecule has 226 valence electrons. The molecule has 1 saturated heterocycles. The zero-order valence-electron chi connectivity index (χ0n) is 24.6. The predicted octanol–water partition coefficient (Wildman–Crippen LogP) is 5.16. The van der Waals surface area contributed by atoms with Crippen LogP contribution >= 0.6 is 0 Å². The molecule has 3 amide bonds. The van der Waals surface area contributed by atoms with Gasteiger partial charge in [0, 0.05) is 49.9 Å². The first-order chi connectivity index (χ1) is 20.8. The third-order valence-corrected chi connectivity index (χ3v) is 7.70. The van der Waals surface area contributed by atoms with Crippen LogP contribution in [0.3, 0.4) is 0 Å². The number of methoxy groups -OCH3 is 1. The van der Waals surface area contributed by atoms with Crippen LogP contribution in [0.4, 0.5) is 22.7 Å². The SMILES string of the molecule is COc1cc2c(cc1OCCCCCC(=O)Nc1cc(C(=O)Nc3ccc(N)cc3)n(C)c1)N=C[C@@H]1CCCCN1C2=O. The Morgan fingerprint density at radius 1 is 1.02 bits per heavy atom. The maximum Gasteiger partial charge on any atom is 0.272 e. The summed E-state index contributed by atoms with van der Waals surface area (Å²) < 4.78 is 13.2. The molecule has 2 aliphatic rings. The second kappa shape index (κ2) is 13.5. The van der Waals surface area contributed by atoms with E-state index in [-0.39, 0.29) is 23.8 Å². The van der Waals surface area contributed by atoms with Gasteiger partial charge in [0.05, 0.1) is 36.7 Å². The number of unbranched alkanes of at least 4 members (excludes halogenated alkanes) is 2. The molecular weight excluding hydrogens is 548 g/mol. The molecule has 0 bridgehead atoms. The first-order valence-electron chi connectivity index (χ1n) is 14.7. The van der Waals surface area contributed by atoms with E-state index in [1.54, 1.807) is 67.4 Å². The van der Waals surface area contributed by atoms with E-state index in [0.717, 1.165) is 38.6 Å². The van der Waals surface area contributed by atoms with Crippen molar-refractivity contribution in [3.05, 3.63) is 59.9 Å². The lowest BCUT2D eigenvalue weighted by molar-refractivity contribution is -0.116. The average Bonchev–Trinajstić information content (AvgIpc) is 3.31. The van der Waals surface area contributed by atoms with E-state index in [9.17, 15) is 14.4 Å². The molecule has 11 heteroatoms. The van der Waals surface area contributed by atoms with Crippen molar-refractivity contribution in [1.82, 2.24) is 9.47 Å². The lowest BCUT2D eigenvalue weighted by Gasteiger charge is -2.32. The first-order valence-corrected chi connectivity index (χ1v) is 14.7. The molecule has 1 atom stereocenters. The van der Waals surface area contributed by atoms with Crippen molar-refractivity contribution in [3.63, 3.8) is 0 Å². The Bertz CT molecular complexity index is 1510. The van der Waals surface area contributed by atoms with Crippen LogP contribution in [0.2, 0.25) is 0 Å². The Balaban J connectivity index is 1.07. The number of nitrogens with two attached hydrogens (primary N) is 1. The van der Waals surface area contributed by atoms with E-state index in [4.69, 9.17) is 15.2 Å². The van der Waals surface area contributed by atoms with Crippen molar-refractivity contribution in [2.24, 2.45) is 12.0 Å². The summed E-state index contributed by atoms with van der Waals surface area (Å²) in [4.78, 5) is 44.9. The number of carbonyl (C=O) groups excluding carboxylic acids is 3. The molecule has 3 aromatic rings. The highest BCUT2D eigenvalue weighted by molar-refractivity contribution is 6.05. The van der Waals surface area contributed by atoms with Gasteiger partial charge in [0.1, 0.15) is 5.69 Å². The average molecular weight is 587 g/mol. The normalized spacial score (nSPS) is 15.7. The maximum atomic E-state index is 13.2. The molecule has 2 aliphatic heterocycles. The van der Waals surface area contributed by atoms with Gasteiger partial charge in [0.2, 0.25) is 5.91 Å². The van der Waals surface area contributed by atoms with E-state index in [1.807, 2.05) is 11.1 Å². The molecule has 4 N–H and O–H groups in total. The topological polar surface area (TPSA) is 140 Å². The van der Waals surface area contributed by atoms with Gasteiger partial charge in [-0.2, -0.15) is 0 Å². The molecule has 5 rings (SSSR count). The van der Waals surface area contributed by atoms with Gasteiger partial charge < -0.3 is 35.3 Å². The van der Waals surface area contributed by atoms with E-state index >= 15 is 0 Å². The van der Waals surface area contributed by atoms with E-state index in [2.05, 4.69) is 15.6 Å². The summed E-state index contributed by atoms with van der Waals surface area (Å²) in [5.74, 6) is 0.621. The number of anilines is 3. The summed E-state index contributed by atoms with van der Waals surface area (Å²) in [6.07, 6.45) is 9.16. The number of amides is 3. The minimum Gasteiger partial charge on any atom is -0.493 e. The predicted molar refractivity (Wildman–Crippen MR) is 167 cm³/mol. The van der Waals surface area contributed by atoms with Crippen molar-refractivity contribution in [1.29, 1.82) is 0 Å². The van der Waals surface area contributed by atoms with Crippen molar-refractivity contribution in [3.8, 4) is 11.5 Å². The molecular formula is C32H38N6O5. The van der Waals surface area contributed by atoms with Crippen LogP contribution in [0.15, 0.2) is 53.7 Å². The van der Waals surface area contributed by atoms with Crippen LogP contribution in [-0.4, -0.2) is 59.7 Å². The fraction of sp³-hybridized carbons (Fsp3) is 0.375. The van der Waals surface area contributed by atoms with Gasteiger partial charge in [-0.25, -0.2) is 0 Å². The first kappa shape index (κ1) is 29.7. The van der Waals surface area contributed by atoms with Crippen LogP contribution in [0, 0.1) is 0 Å². The van der Waals surface area contributed by atoms with E-state index in [0.29, 0.717) is 65.0 Å². The zero-order valence-corrected chi connectivity index (χ0v) is 24.6. The highest BCUT2D eigenvalue weighted by atomic mass is 16.5. The smallest absolute Gasteiger partial charge is 0.272 e. The number of carbonyl (C=O) groups is 3. The summed E-state index contributed by atoms with van der Waals surface area (Å²) in [6.45, 7) is 1.18. The van der Waals surface area contributed by atoms with Crippen LogP contribution in [0.5, 0.6) is 11.5 Å². The largest absolute Gasteiger partial charge is 0.493 e. The number of hydrogen-bond acceptors (Lipinski definition) is 7. The van der Waals surface area contributed by atoms with Gasteiger partial charge in [0.25, 0.3) is 11.8 Å². The van der Waals surface area contributed by atoms with Gasteiger partial charge in [-0.05, 0) is 74.9 Å². The minimum absolute atomic E-state index is 0.0199. The van der Waals surface area contributed by atoms with Gasteiger partial charge in [-0.1, -0.05) is 0 Å². The van der Waals surface area contributed by atoms with Crippen LogP contribution in [0.25, 0.3) is 0 Å². The van der Waals surface area contributed by atoms with Crippen LogP contribution < -0.4 is 25.8 Å². The number of ether oxygens (including phenoxy) is 2. The number of nitrogens with zero attached hydrogens (tertiary/aromatic N) is 3. The second-order valence-electron chi connectivity index (χ2n) is 10.9. The van der Waals surface area contributed by atoms with Crippen molar-refractivity contribution in [2.75, 3.05) is 36.6 Å². The molecule has 0 unspecified atom stereocenters. The number of rotatable bonds is 11. The molecule has 1 aromatic heterocycles. The Hall–Kier alpha value is -4.80. The molecule has 0 saturated carbocycles. The zero-order chi connectivity index (χ0) is 30.3. The van der Waals surface area contributed by atoms with Crippen molar-refractivity contribution in [2.45, 2.75) is 51.0 Å². The lowest BCUT2D eigenvalue weighted by atomic mass is 10.0. The Kier molecular flexibility index (Phi) is 9.29. The Morgan fingerprint density at radius 2 is 1.84 bits per heavy atom. The number of aromatic nitrogens is 1.